The second-order valence-electron chi connectivity index (χ2n) is 3.68. The van der Waals surface area contributed by atoms with Crippen LogP contribution >= 0.6 is 11.6 Å². The van der Waals surface area contributed by atoms with E-state index in [1.165, 1.54) is 0 Å². The number of nitriles is 1. The summed E-state index contributed by atoms with van der Waals surface area (Å²) in [6.07, 6.45) is 3.71. The summed E-state index contributed by atoms with van der Waals surface area (Å²) in [6, 6.07) is 7.32. The SMILES string of the molecule is Cn1cc(CNc2ccc(Cl)cc2C#N)cn1. The Morgan fingerprint density at radius 3 is 3.00 bits per heavy atom. The molecule has 0 amide bonds. The fourth-order valence-corrected chi connectivity index (χ4v) is 1.70. The second kappa shape index (κ2) is 4.89. The number of benzene rings is 1. The molecule has 17 heavy (non-hydrogen) atoms. The number of hydrogen-bond donors (Lipinski definition) is 1. The Balaban J connectivity index is 2.12. The molecule has 0 atom stereocenters. The third-order valence-electron chi connectivity index (χ3n) is 2.34. The number of rotatable bonds is 3. The Hall–Kier alpha value is -1.99. The molecule has 5 heteroatoms. The first kappa shape index (κ1) is 11.5. The normalized spacial score (nSPS) is 9.94. The zero-order chi connectivity index (χ0) is 12.3. The molecular formula is C12H11ClN4. The van der Waals surface area contributed by atoms with Crippen LogP contribution in [-0.2, 0) is 13.6 Å². The Kier molecular flexibility index (Phi) is 3.31. The van der Waals surface area contributed by atoms with Gasteiger partial charge in [-0.15, -0.1) is 0 Å². The molecule has 0 aliphatic rings. The average Bonchev–Trinajstić information content (AvgIpc) is 2.73. The van der Waals surface area contributed by atoms with E-state index < -0.39 is 0 Å². The predicted octanol–water partition coefficient (Wildman–Crippen LogP) is 2.56. The van der Waals surface area contributed by atoms with Crippen LogP contribution in [0.1, 0.15) is 11.1 Å². The largest absolute Gasteiger partial charge is 0.380 e. The monoisotopic (exact) mass is 246 g/mol. The first-order valence-electron chi connectivity index (χ1n) is 5.10. The van der Waals surface area contributed by atoms with Gasteiger partial charge in [-0.3, -0.25) is 4.68 Å². The molecule has 0 aliphatic carbocycles. The van der Waals surface area contributed by atoms with Crippen LogP contribution in [0.3, 0.4) is 0 Å². The van der Waals surface area contributed by atoms with E-state index in [0.29, 0.717) is 17.1 Å². The maximum absolute atomic E-state index is 8.98. The maximum atomic E-state index is 8.98. The Labute approximate surface area is 104 Å². The van der Waals surface area contributed by atoms with E-state index in [4.69, 9.17) is 16.9 Å². The number of aryl methyl sites for hydroxylation is 1. The van der Waals surface area contributed by atoms with E-state index in [-0.39, 0.29) is 0 Å². The lowest BCUT2D eigenvalue weighted by molar-refractivity contribution is 0.767. The van der Waals surface area contributed by atoms with E-state index >= 15 is 0 Å². The van der Waals surface area contributed by atoms with Crippen LogP contribution < -0.4 is 5.32 Å². The van der Waals surface area contributed by atoms with Gasteiger partial charge in [0.25, 0.3) is 0 Å². The van der Waals surface area contributed by atoms with Crippen molar-refractivity contribution in [2.45, 2.75) is 6.54 Å². The average molecular weight is 247 g/mol. The van der Waals surface area contributed by atoms with Crippen molar-refractivity contribution in [3.8, 4) is 6.07 Å². The molecule has 0 radical (unpaired) electrons. The van der Waals surface area contributed by atoms with Gasteiger partial charge in [0.2, 0.25) is 0 Å². The Bertz CT molecular complexity index is 568. The van der Waals surface area contributed by atoms with Gasteiger partial charge in [-0.1, -0.05) is 11.6 Å². The van der Waals surface area contributed by atoms with Crippen LogP contribution in [0.4, 0.5) is 5.69 Å². The quantitative estimate of drug-likeness (QED) is 0.906. The van der Waals surface area contributed by atoms with Crippen molar-refractivity contribution < 1.29 is 0 Å². The first-order valence-corrected chi connectivity index (χ1v) is 5.48. The Morgan fingerprint density at radius 2 is 2.35 bits per heavy atom. The van der Waals surface area contributed by atoms with Crippen LogP contribution in [0.5, 0.6) is 0 Å². The van der Waals surface area contributed by atoms with E-state index in [1.54, 1.807) is 29.1 Å². The number of nitrogens with zero attached hydrogens (tertiary/aromatic N) is 3. The lowest BCUT2D eigenvalue weighted by Crippen LogP contribution is -2.00. The van der Waals surface area contributed by atoms with Crippen LogP contribution in [-0.4, -0.2) is 9.78 Å². The number of halogens is 1. The standard InChI is InChI=1S/C12H11ClN4/c1-17-8-9(7-16-17)6-15-12-3-2-11(13)4-10(12)5-14/h2-4,7-8,15H,6H2,1H3. The molecule has 0 unspecified atom stereocenters. The van der Waals surface area contributed by atoms with Crippen molar-refractivity contribution in [2.24, 2.45) is 7.05 Å². The zero-order valence-electron chi connectivity index (χ0n) is 9.31. The summed E-state index contributed by atoms with van der Waals surface area (Å²) in [7, 11) is 1.87. The summed E-state index contributed by atoms with van der Waals surface area (Å²) in [4.78, 5) is 0. The molecule has 86 valence electrons. The van der Waals surface area contributed by atoms with E-state index in [9.17, 15) is 0 Å². The zero-order valence-corrected chi connectivity index (χ0v) is 10.1. The first-order chi connectivity index (χ1) is 8.19. The van der Waals surface area contributed by atoms with E-state index in [1.807, 2.05) is 13.2 Å². The molecule has 0 spiro atoms. The van der Waals surface area contributed by atoms with Crippen molar-refractivity contribution in [1.82, 2.24) is 9.78 Å². The number of nitrogens with one attached hydrogen (secondary N) is 1. The van der Waals surface area contributed by atoms with Crippen LogP contribution in [0.25, 0.3) is 0 Å². The molecule has 2 rings (SSSR count). The summed E-state index contributed by atoms with van der Waals surface area (Å²) < 4.78 is 1.74. The van der Waals surface area contributed by atoms with Gasteiger partial charge in [0, 0.05) is 30.4 Å². The van der Waals surface area contributed by atoms with Crippen molar-refractivity contribution >= 4 is 17.3 Å². The lowest BCUT2D eigenvalue weighted by Gasteiger charge is -2.06. The van der Waals surface area contributed by atoms with Gasteiger partial charge in [0.05, 0.1) is 17.4 Å². The van der Waals surface area contributed by atoms with E-state index in [2.05, 4.69) is 16.5 Å². The molecule has 4 nitrogen and oxygen atoms in total. The highest BCUT2D eigenvalue weighted by Crippen LogP contribution is 2.20. The van der Waals surface area contributed by atoms with Gasteiger partial charge in [0.1, 0.15) is 6.07 Å². The lowest BCUT2D eigenvalue weighted by atomic mass is 10.2. The molecule has 2 aromatic rings. The van der Waals surface area contributed by atoms with Gasteiger partial charge in [-0.05, 0) is 18.2 Å². The smallest absolute Gasteiger partial charge is 0.101 e. The van der Waals surface area contributed by atoms with Crippen molar-refractivity contribution in [3.63, 3.8) is 0 Å². The van der Waals surface area contributed by atoms with Crippen LogP contribution in [0.2, 0.25) is 5.02 Å². The minimum absolute atomic E-state index is 0.543. The molecule has 0 saturated carbocycles. The van der Waals surface area contributed by atoms with Crippen molar-refractivity contribution in [3.05, 3.63) is 46.7 Å². The third kappa shape index (κ3) is 2.77. The summed E-state index contributed by atoms with van der Waals surface area (Å²) in [5.74, 6) is 0. The molecule has 0 saturated heterocycles. The van der Waals surface area contributed by atoms with Gasteiger partial charge in [-0.25, -0.2) is 0 Å². The molecule has 0 fully saturated rings. The summed E-state index contributed by atoms with van der Waals surface area (Å²) >= 11 is 5.82. The fourth-order valence-electron chi connectivity index (χ4n) is 1.52. The number of aromatic nitrogens is 2. The summed E-state index contributed by atoms with van der Waals surface area (Å²) in [5.41, 5.74) is 2.38. The van der Waals surface area contributed by atoms with Crippen LogP contribution in [0.15, 0.2) is 30.6 Å². The molecular weight excluding hydrogens is 236 g/mol. The van der Waals surface area contributed by atoms with Gasteiger partial charge < -0.3 is 5.32 Å². The molecule has 1 aromatic carbocycles. The minimum atomic E-state index is 0.543. The highest BCUT2D eigenvalue weighted by Gasteiger charge is 2.03. The molecule has 1 heterocycles. The topological polar surface area (TPSA) is 53.6 Å². The van der Waals surface area contributed by atoms with Crippen molar-refractivity contribution in [2.75, 3.05) is 5.32 Å². The molecule has 0 aliphatic heterocycles. The van der Waals surface area contributed by atoms with Gasteiger partial charge in [0.15, 0.2) is 0 Å². The van der Waals surface area contributed by atoms with Crippen LogP contribution in [0, 0.1) is 11.3 Å². The minimum Gasteiger partial charge on any atom is -0.380 e. The number of anilines is 1. The second-order valence-corrected chi connectivity index (χ2v) is 4.11. The van der Waals surface area contributed by atoms with Crippen molar-refractivity contribution in [1.29, 1.82) is 5.26 Å². The van der Waals surface area contributed by atoms with Gasteiger partial charge >= 0.3 is 0 Å². The van der Waals surface area contributed by atoms with Gasteiger partial charge in [-0.2, -0.15) is 10.4 Å². The summed E-state index contributed by atoms with van der Waals surface area (Å²) in [6.45, 7) is 0.629. The molecule has 0 bridgehead atoms. The summed E-state index contributed by atoms with van der Waals surface area (Å²) in [5, 5.41) is 16.8. The number of hydrogen-bond acceptors (Lipinski definition) is 3. The molecule has 1 aromatic heterocycles. The highest BCUT2D eigenvalue weighted by atomic mass is 35.5. The third-order valence-corrected chi connectivity index (χ3v) is 2.58. The Morgan fingerprint density at radius 1 is 1.53 bits per heavy atom. The van der Waals surface area contributed by atoms with E-state index in [0.717, 1.165) is 11.3 Å². The molecule has 1 N–H and O–H groups in total. The fraction of sp³-hybridized carbons (Fsp3) is 0.167. The maximum Gasteiger partial charge on any atom is 0.101 e. The highest BCUT2D eigenvalue weighted by molar-refractivity contribution is 6.30. The predicted molar refractivity (Wildman–Crippen MR) is 66.7 cm³/mol.